The third-order valence-electron chi connectivity index (χ3n) is 4.37. The molecule has 0 amide bonds. The first-order chi connectivity index (χ1) is 11.9. The summed E-state index contributed by atoms with van der Waals surface area (Å²) < 4.78 is 35.9. The van der Waals surface area contributed by atoms with Crippen LogP contribution in [0.25, 0.3) is 0 Å². The summed E-state index contributed by atoms with van der Waals surface area (Å²) in [6, 6.07) is 4.84. The Morgan fingerprint density at radius 3 is 2.56 bits per heavy atom. The molecular formula is C17H27FN4O2S. The second-order valence-corrected chi connectivity index (χ2v) is 8.54. The Labute approximate surface area is 149 Å². The molecule has 0 unspecified atom stereocenters. The number of benzene rings is 1. The fraction of sp³-hybridized carbons (Fsp3) is 0.588. The summed E-state index contributed by atoms with van der Waals surface area (Å²) >= 11 is 0. The van der Waals surface area contributed by atoms with Gasteiger partial charge in [0, 0.05) is 39.8 Å². The second-order valence-electron chi connectivity index (χ2n) is 6.24. The largest absolute Gasteiger partial charge is 0.356 e. The zero-order valence-electron chi connectivity index (χ0n) is 14.9. The zero-order chi connectivity index (χ0) is 18.3. The summed E-state index contributed by atoms with van der Waals surface area (Å²) in [5.74, 6) is 0.996. The molecule has 0 spiro atoms. The average Bonchev–Trinajstić information content (AvgIpc) is 2.56. The Bertz CT molecular complexity index is 693. The predicted octanol–water partition coefficient (Wildman–Crippen LogP) is 0.572. The molecule has 1 aliphatic heterocycles. The monoisotopic (exact) mass is 370 g/mol. The van der Waals surface area contributed by atoms with Gasteiger partial charge in [0.15, 0.2) is 15.8 Å². The van der Waals surface area contributed by atoms with Gasteiger partial charge in [-0.2, -0.15) is 0 Å². The molecule has 0 aliphatic carbocycles. The number of aliphatic imine (C=N–C) groups is 1. The first-order valence-corrected chi connectivity index (χ1v) is 10.3. The molecule has 8 heteroatoms. The van der Waals surface area contributed by atoms with Crippen molar-refractivity contribution in [2.24, 2.45) is 4.99 Å². The van der Waals surface area contributed by atoms with E-state index in [0.29, 0.717) is 32.1 Å². The molecule has 140 valence electrons. The van der Waals surface area contributed by atoms with Crippen LogP contribution in [0.5, 0.6) is 0 Å². The number of sulfone groups is 1. The van der Waals surface area contributed by atoms with Crippen molar-refractivity contribution in [2.45, 2.75) is 13.3 Å². The first-order valence-electron chi connectivity index (χ1n) is 8.52. The van der Waals surface area contributed by atoms with Crippen LogP contribution in [0.3, 0.4) is 0 Å². The molecule has 6 nitrogen and oxygen atoms in total. The minimum atomic E-state index is -2.83. The standard InChI is InChI=1S/C17H27FN4O2S/c1-14-13-16(18)4-3-15(14)5-6-20-17(19-2)21-7-8-22-9-11-25(23,24)12-10-22/h3-4,13H,5-12H2,1-2H3,(H2,19,20,21). The highest BCUT2D eigenvalue weighted by molar-refractivity contribution is 7.91. The number of guanidine groups is 1. The van der Waals surface area contributed by atoms with E-state index in [1.54, 1.807) is 13.1 Å². The molecule has 0 radical (unpaired) electrons. The lowest BCUT2D eigenvalue weighted by atomic mass is 10.1. The molecule has 2 rings (SSSR count). The fourth-order valence-corrected chi connectivity index (χ4v) is 4.06. The van der Waals surface area contributed by atoms with Crippen LogP contribution in [-0.4, -0.2) is 70.6 Å². The zero-order valence-corrected chi connectivity index (χ0v) is 15.7. The molecule has 2 N–H and O–H groups in total. The SMILES string of the molecule is CN=C(NCCc1ccc(F)cc1C)NCCN1CCS(=O)(=O)CC1. The van der Waals surface area contributed by atoms with E-state index in [0.717, 1.165) is 24.1 Å². The molecule has 25 heavy (non-hydrogen) atoms. The molecule has 0 bridgehead atoms. The van der Waals surface area contributed by atoms with Crippen LogP contribution in [0.2, 0.25) is 0 Å². The Kier molecular flexibility index (Phi) is 7.19. The van der Waals surface area contributed by atoms with E-state index in [1.165, 1.54) is 6.07 Å². The Hall–Kier alpha value is -1.67. The molecule has 1 aromatic rings. The summed E-state index contributed by atoms with van der Waals surface area (Å²) in [7, 11) is -1.11. The van der Waals surface area contributed by atoms with Crippen molar-refractivity contribution in [3.8, 4) is 0 Å². The van der Waals surface area contributed by atoms with Crippen molar-refractivity contribution >= 4 is 15.8 Å². The van der Waals surface area contributed by atoms with E-state index < -0.39 is 9.84 Å². The third kappa shape index (κ3) is 6.62. The lowest BCUT2D eigenvalue weighted by Crippen LogP contribution is -2.46. The molecule has 1 aliphatic rings. The first kappa shape index (κ1) is 19.7. The molecular weight excluding hydrogens is 343 g/mol. The molecule has 1 aromatic carbocycles. The molecule has 1 saturated heterocycles. The number of nitrogens with one attached hydrogen (secondary N) is 2. The average molecular weight is 370 g/mol. The summed E-state index contributed by atoms with van der Waals surface area (Å²) in [5.41, 5.74) is 2.06. The summed E-state index contributed by atoms with van der Waals surface area (Å²) in [5, 5.41) is 6.48. The van der Waals surface area contributed by atoms with Crippen LogP contribution >= 0.6 is 0 Å². The van der Waals surface area contributed by atoms with Gasteiger partial charge < -0.3 is 10.6 Å². The summed E-state index contributed by atoms with van der Waals surface area (Å²) in [4.78, 5) is 6.32. The lowest BCUT2D eigenvalue weighted by molar-refractivity contribution is 0.299. The maximum atomic E-state index is 13.1. The van der Waals surface area contributed by atoms with E-state index in [9.17, 15) is 12.8 Å². The van der Waals surface area contributed by atoms with Crippen LogP contribution < -0.4 is 10.6 Å². The highest BCUT2D eigenvalue weighted by atomic mass is 32.2. The molecule has 0 saturated carbocycles. The number of halogens is 1. The Morgan fingerprint density at radius 2 is 1.92 bits per heavy atom. The normalized spacial score (nSPS) is 18.1. The maximum absolute atomic E-state index is 13.1. The molecule has 0 atom stereocenters. The minimum absolute atomic E-state index is 0.211. The van der Waals surface area contributed by atoms with Gasteiger partial charge in [0.05, 0.1) is 11.5 Å². The van der Waals surface area contributed by atoms with Gasteiger partial charge in [-0.05, 0) is 36.6 Å². The van der Waals surface area contributed by atoms with E-state index >= 15 is 0 Å². The number of hydrogen-bond acceptors (Lipinski definition) is 4. The van der Waals surface area contributed by atoms with Crippen LogP contribution in [0.4, 0.5) is 4.39 Å². The number of hydrogen-bond donors (Lipinski definition) is 2. The molecule has 1 heterocycles. The van der Waals surface area contributed by atoms with E-state index in [1.807, 2.05) is 13.0 Å². The number of rotatable bonds is 6. The minimum Gasteiger partial charge on any atom is -0.356 e. The molecule has 0 aromatic heterocycles. The van der Waals surface area contributed by atoms with E-state index in [2.05, 4.69) is 20.5 Å². The van der Waals surface area contributed by atoms with E-state index in [4.69, 9.17) is 0 Å². The quantitative estimate of drug-likeness (QED) is 0.566. The van der Waals surface area contributed by atoms with Gasteiger partial charge in [0.1, 0.15) is 5.82 Å². The maximum Gasteiger partial charge on any atom is 0.191 e. The second kappa shape index (κ2) is 9.15. The van der Waals surface area contributed by atoms with Crippen molar-refractivity contribution in [2.75, 3.05) is 51.3 Å². The van der Waals surface area contributed by atoms with Crippen molar-refractivity contribution in [3.63, 3.8) is 0 Å². The summed E-state index contributed by atoms with van der Waals surface area (Å²) in [6.45, 7) is 5.29. The number of nitrogens with zero attached hydrogens (tertiary/aromatic N) is 2. The van der Waals surface area contributed by atoms with Crippen LogP contribution in [0, 0.1) is 12.7 Å². The lowest BCUT2D eigenvalue weighted by Gasteiger charge is -2.26. The number of aryl methyl sites for hydroxylation is 1. The fourth-order valence-electron chi connectivity index (χ4n) is 2.78. The highest BCUT2D eigenvalue weighted by Gasteiger charge is 2.20. The van der Waals surface area contributed by atoms with Crippen molar-refractivity contribution in [1.82, 2.24) is 15.5 Å². The van der Waals surface area contributed by atoms with Gasteiger partial charge in [-0.25, -0.2) is 12.8 Å². The van der Waals surface area contributed by atoms with Crippen LogP contribution in [0.15, 0.2) is 23.2 Å². The Balaban J connectivity index is 1.67. The van der Waals surface area contributed by atoms with Gasteiger partial charge in [-0.3, -0.25) is 9.89 Å². The summed E-state index contributed by atoms with van der Waals surface area (Å²) in [6.07, 6.45) is 0.788. The topological polar surface area (TPSA) is 73.8 Å². The van der Waals surface area contributed by atoms with Gasteiger partial charge >= 0.3 is 0 Å². The highest BCUT2D eigenvalue weighted by Crippen LogP contribution is 2.10. The van der Waals surface area contributed by atoms with Gasteiger partial charge in [0.2, 0.25) is 0 Å². The van der Waals surface area contributed by atoms with Gasteiger partial charge in [-0.15, -0.1) is 0 Å². The third-order valence-corrected chi connectivity index (χ3v) is 5.98. The van der Waals surface area contributed by atoms with Crippen molar-refractivity contribution in [3.05, 3.63) is 35.1 Å². The molecule has 1 fully saturated rings. The predicted molar refractivity (Wildman–Crippen MR) is 99.3 cm³/mol. The van der Waals surface area contributed by atoms with Crippen LogP contribution in [-0.2, 0) is 16.3 Å². The van der Waals surface area contributed by atoms with Gasteiger partial charge in [0.25, 0.3) is 0 Å². The van der Waals surface area contributed by atoms with E-state index in [-0.39, 0.29) is 17.3 Å². The van der Waals surface area contributed by atoms with Gasteiger partial charge in [-0.1, -0.05) is 6.07 Å². The smallest absolute Gasteiger partial charge is 0.191 e. The van der Waals surface area contributed by atoms with Crippen LogP contribution in [0.1, 0.15) is 11.1 Å². The Morgan fingerprint density at radius 1 is 1.24 bits per heavy atom. The van der Waals surface area contributed by atoms with Crippen molar-refractivity contribution < 1.29 is 12.8 Å². The van der Waals surface area contributed by atoms with Crippen molar-refractivity contribution in [1.29, 1.82) is 0 Å².